The Hall–Kier alpha value is -1.83. The van der Waals surface area contributed by atoms with Crippen molar-refractivity contribution in [3.63, 3.8) is 0 Å². The zero-order valence-electron chi connectivity index (χ0n) is 8.99. The summed E-state index contributed by atoms with van der Waals surface area (Å²) in [5.74, 6) is -3.25. The summed E-state index contributed by atoms with van der Waals surface area (Å²) in [4.78, 5) is 10.7. The van der Waals surface area contributed by atoms with Gasteiger partial charge in [-0.05, 0) is 18.2 Å². The molecule has 0 fully saturated rings. The van der Waals surface area contributed by atoms with E-state index in [0.717, 1.165) is 13.2 Å². The molecular weight excluding hydrogens is 260 g/mol. The van der Waals surface area contributed by atoms with Crippen LogP contribution >= 0.6 is 0 Å². The quantitative estimate of drug-likeness (QED) is 0.852. The van der Waals surface area contributed by atoms with Gasteiger partial charge in [0.2, 0.25) is 0 Å². The highest BCUT2D eigenvalue weighted by atomic mass is 19.4. The zero-order chi connectivity index (χ0) is 13.9. The fourth-order valence-corrected chi connectivity index (χ4v) is 1.28. The van der Waals surface area contributed by atoms with Crippen LogP contribution in [0.15, 0.2) is 18.2 Å². The minimum Gasteiger partial charge on any atom is -0.479 e. The summed E-state index contributed by atoms with van der Waals surface area (Å²) in [5, 5.41) is 8.72. The van der Waals surface area contributed by atoms with Gasteiger partial charge in [0.15, 0.2) is 6.10 Å². The largest absolute Gasteiger partial charge is 0.573 e. The number of ether oxygens (including phenoxy) is 2. The number of rotatable bonds is 4. The first kappa shape index (κ1) is 14.2. The van der Waals surface area contributed by atoms with Crippen molar-refractivity contribution < 1.29 is 36.9 Å². The molecule has 0 heterocycles. The van der Waals surface area contributed by atoms with Crippen molar-refractivity contribution >= 4 is 5.97 Å². The molecular formula is C10H8F4O4. The molecule has 1 aromatic rings. The van der Waals surface area contributed by atoms with Crippen molar-refractivity contribution in [3.8, 4) is 5.75 Å². The molecule has 8 heteroatoms. The van der Waals surface area contributed by atoms with Crippen LogP contribution in [0.25, 0.3) is 0 Å². The second-order valence-electron chi connectivity index (χ2n) is 3.19. The van der Waals surface area contributed by atoms with Gasteiger partial charge in [-0.15, -0.1) is 13.2 Å². The van der Waals surface area contributed by atoms with Gasteiger partial charge in [-0.3, -0.25) is 0 Å². The summed E-state index contributed by atoms with van der Waals surface area (Å²) in [6, 6.07) is 2.04. The van der Waals surface area contributed by atoms with Gasteiger partial charge >= 0.3 is 12.3 Å². The lowest BCUT2D eigenvalue weighted by molar-refractivity contribution is -0.274. The molecule has 1 N–H and O–H groups in total. The van der Waals surface area contributed by atoms with Crippen LogP contribution in [0.4, 0.5) is 17.6 Å². The normalized spacial score (nSPS) is 13.2. The Bertz CT molecular complexity index is 444. The van der Waals surface area contributed by atoms with Gasteiger partial charge < -0.3 is 14.6 Å². The third-order valence-electron chi connectivity index (χ3n) is 1.94. The van der Waals surface area contributed by atoms with Crippen LogP contribution in [0.3, 0.4) is 0 Å². The topological polar surface area (TPSA) is 55.8 Å². The number of hydrogen-bond acceptors (Lipinski definition) is 3. The van der Waals surface area contributed by atoms with E-state index in [4.69, 9.17) is 5.11 Å². The van der Waals surface area contributed by atoms with Gasteiger partial charge in [0, 0.05) is 12.7 Å². The summed E-state index contributed by atoms with van der Waals surface area (Å²) in [6.07, 6.45) is -6.65. The van der Waals surface area contributed by atoms with E-state index in [0.29, 0.717) is 12.1 Å². The molecule has 4 nitrogen and oxygen atoms in total. The molecule has 0 radical (unpaired) electrons. The van der Waals surface area contributed by atoms with Crippen LogP contribution in [0.2, 0.25) is 0 Å². The molecule has 0 saturated heterocycles. The van der Waals surface area contributed by atoms with E-state index in [1.54, 1.807) is 0 Å². The van der Waals surface area contributed by atoms with Crippen LogP contribution < -0.4 is 4.74 Å². The standard InChI is InChI=1S/C10H8F4O4/c1-17-8(9(15)16)6-4-5(2-3-7(6)11)18-10(12,13)14/h2-4,8H,1H3,(H,15,16). The van der Waals surface area contributed by atoms with E-state index < -0.39 is 35.6 Å². The molecule has 1 atom stereocenters. The number of benzene rings is 1. The highest BCUT2D eigenvalue weighted by Crippen LogP contribution is 2.28. The average Bonchev–Trinajstić information content (AvgIpc) is 2.21. The predicted octanol–water partition coefficient (Wildman–Crippen LogP) is 2.50. The maximum absolute atomic E-state index is 13.3. The number of carboxylic acid groups (broad SMARTS) is 1. The van der Waals surface area contributed by atoms with Crippen LogP contribution in [-0.2, 0) is 9.53 Å². The smallest absolute Gasteiger partial charge is 0.479 e. The van der Waals surface area contributed by atoms with Crippen LogP contribution in [0.5, 0.6) is 5.75 Å². The summed E-state index contributed by atoms with van der Waals surface area (Å²) in [6.45, 7) is 0. The van der Waals surface area contributed by atoms with Crippen LogP contribution in [-0.4, -0.2) is 24.5 Å². The van der Waals surface area contributed by atoms with E-state index in [2.05, 4.69) is 9.47 Å². The van der Waals surface area contributed by atoms with Crippen molar-refractivity contribution in [2.45, 2.75) is 12.5 Å². The first-order valence-electron chi connectivity index (χ1n) is 4.55. The molecule has 1 rings (SSSR count). The average molecular weight is 268 g/mol. The number of carboxylic acids is 1. The van der Waals surface area contributed by atoms with Gasteiger partial charge in [-0.25, -0.2) is 9.18 Å². The Morgan fingerprint density at radius 1 is 1.39 bits per heavy atom. The Balaban J connectivity index is 3.12. The SMILES string of the molecule is COC(C(=O)O)c1cc(OC(F)(F)F)ccc1F. The molecule has 0 bridgehead atoms. The number of hydrogen-bond donors (Lipinski definition) is 1. The summed E-state index contributed by atoms with van der Waals surface area (Å²) >= 11 is 0. The van der Waals surface area contributed by atoms with Crippen LogP contribution in [0, 0.1) is 5.82 Å². The van der Waals surface area contributed by atoms with Crippen molar-refractivity contribution in [2.24, 2.45) is 0 Å². The lowest BCUT2D eigenvalue weighted by Crippen LogP contribution is -2.19. The molecule has 1 aromatic carbocycles. The lowest BCUT2D eigenvalue weighted by Gasteiger charge is -2.14. The molecule has 0 aromatic heterocycles. The molecule has 0 aliphatic heterocycles. The third kappa shape index (κ3) is 3.59. The van der Waals surface area contributed by atoms with Gasteiger partial charge in [0.25, 0.3) is 0 Å². The fraction of sp³-hybridized carbons (Fsp3) is 0.300. The Morgan fingerprint density at radius 3 is 2.44 bits per heavy atom. The molecule has 100 valence electrons. The van der Waals surface area contributed by atoms with Gasteiger partial charge in [-0.1, -0.05) is 0 Å². The first-order chi connectivity index (χ1) is 8.24. The predicted molar refractivity (Wildman–Crippen MR) is 50.5 cm³/mol. The molecule has 0 saturated carbocycles. The van der Waals surface area contributed by atoms with E-state index >= 15 is 0 Å². The van der Waals surface area contributed by atoms with Crippen LogP contribution in [0.1, 0.15) is 11.7 Å². The van der Waals surface area contributed by atoms with E-state index in [1.807, 2.05) is 0 Å². The fourth-order valence-electron chi connectivity index (χ4n) is 1.28. The number of halogens is 4. The monoisotopic (exact) mass is 268 g/mol. The molecule has 0 aliphatic carbocycles. The minimum atomic E-state index is -4.94. The molecule has 0 spiro atoms. The highest BCUT2D eigenvalue weighted by molar-refractivity contribution is 5.74. The van der Waals surface area contributed by atoms with E-state index in [9.17, 15) is 22.4 Å². The summed E-state index contributed by atoms with van der Waals surface area (Å²) in [5.41, 5.74) is -0.549. The highest BCUT2D eigenvalue weighted by Gasteiger charge is 2.32. The second kappa shape index (κ2) is 5.21. The zero-order valence-corrected chi connectivity index (χ0v) is 8.99. The lowest BCUT2D eigenvalue weighted by atomic mass is 10.1. The number of carbonyl (C=O) groups is 1. The first-order valence-corrected chi connectivity index (χ1v) is 4.55. The molecule has 0 amide bonds. The van der Waals surface area contributed by atoms with Gasteiger partial charge in [0.1, 0.15) is 11.6 Å². The maximum atomic E-state index is 13.3. The second-order valence-corrected chi connectivity index (χ2v) is 3.19. The van der Waals surface area contributed by atoms with Crippen molar-refractivity contribution in [2.75, 3.05) is 7.11 Å². The Morgan fingerprint density at radius 2 is 2.00 bits per heavy atom. The molecule has 0 aliphatic rings. The van der Waals surface area contributed by atoms with Crippen molar-refractivity contribution in [1.82, 2.24) is 0 Å². The number of aliphatic carboxylic acids is 1. The molecule has 18 heavy (non-hydrogen) atoms. The Kier molecular flexibility index (Phi) is 4.12. The molecule has 1 unspecified atom stereocenters. The van der Waals surface area contributed by atoms with Crippen molar-refractivity contribution in [1.29, 1.82) is 0 Å². The summed E-state index contributed by atoms with van der Waals surface area (Å²) < 4.78 is 57.2. The number of methoxy groups -OCH3 is 1. The summed E-state index contributed by atoms with van der Waals surface area (Å²) in [7, 11) is 0.996. The van der Waals surface area contributed by atoms with Gasteiger partial charge in [0.05, 0.1) is 0 Å². The van der Waals surface area contributed by atoms with E-state index in [-0.39, 0.29) is 0 Å². The van der Waals surface area contributed by atoms with Gasteiger partial charge in [-0.2, -0.15) is 0 Å². The minimum absolute atomic E-state index is 0.549. The number of alkyl halides is 3. The third-order valence-corrected chi connectivity index (χ3v) is 1.94. The maximum Gasteiger partial charge on any atom is 0.573 e. The Labute approximate surface area is 98.7 Å². The van der Waals surface area contributed by atoms with E-state index in [1.165, 1.54) is 0 Å². The van der Waals surface area contributed by atoms with Crippen molar-refractivity contribution in [3.05, 3.63) is 29.6 Å².